The molecule has 0 heterocycles. The second kappa shape index (κ2) is 65.7. The molecule has 0 aliphatic heterocycles. The van der Waals surface area contributed by atoms with E-state index in [4.69, 9.17) is 9.05 Å². The first-order valence-corrected chi connectivity index (χ1v) is 39.0. The molecule has 1 amide bonds. The van der Waals surface area contributed by atoms with E-state index in [-0.39, 0.29) is 19.1 Å². The zero-order valence-corrected chi connectivity index (χ0v) is 57.8. The molecule has 0 saturated carbocycles. The highest BCUT2D eigenvalue weighted by Crippen LogP contribution is 2.38. The zero-order chi connectivity index (χ0) is 60.5. The Morgan fingerprint density at radius 1 is 0.410 bits per heavy atom. The molecule has 9 heteroatoms. The van der Waals surface area contributed by atoms with Crippen molar-refractivity contribution in [2.75, 3.05) is 40.9 Å². The lowest BCUT2D eigenvalue weighted by Crippen LogP contribution is -2.45. The molecule has 83 heavy (non-hydrogen) atoms. The highest BCUT2D eigenvalue weighted by Gasteiger charge is 2.23. The molecule has 0 aromatic carbocycles. The summed E-state index contributed by atoms with van der Waals surface area (Å²) in [5.41, 5.74) is 0. The molecule has 0 radical (unpaired) electrons. The summed E-state index contributed by atoms with van der Waals surface area (Å²) in [5.74, 6) is -0.186. The van der Waals surface area contributed by atoms with Gasteiger partial charge in [-0.15, -0.1) is 0 Å². The number of unbranched alkanes of at least 4 members (excludes halogenated alkanes) is 58. The average Bonchev–Trinajstić information content (AvgIpc) is 3.49. The summed E-state index contributed by atoms with van der Waals surface area (Å²) in [6.07, 6.45) is 85.0. The van der Waals surface area contributed by atoms with Gasteiger partial charge >= 0.3 is 0 Å². The number of quaternary nitrogens is 1. The van der Waals surface area contributed by atoms with E-state index in [2.05, 4.69) is 19.2 Å². The molecule has 0 fully saturated rings. The van der Waals surface area contributed by atoms with E-state index in [0.29, 0.717) is 17.4 Å². The fourth-order valence-corrected chi connectivity index (χ4v) is 12.6. The van der Waals surface area contributed by atoms with Crippen LogP contribution in [0.4, 0.5) is 0 Å². The third kappa shape index (κ3) is 68.6. The number of hydrogen-bond acceptors (Lipinski definition) is 6. The zero-order valence-electron chi connectivity index (χ0n) is 56.9. The van der Waals surface area contributed by atoms with Gasteiger partial charge in [0.25, 0.3) is 7.82 Å². The molecule has 3 unspecified atom stereocenters. The van der Waals surface area contributed by atoms with Crippen LogP contribution in [-0.4, -0.2) is 68.5 Å². The van der Waals surface area contributed by atoms with Crippen LogP contribution in [0.15, 0.2) is 12.2 Å². The van der Waals surface area contributed by atoms with Gasteiger partial charge in [0.2, 0.25) is 5.91 Å². The van der Waals surface area contributed by atoms with Gasteiger partial charge in [0.1, 0.15) is 13.2 Å². The minimum atomic E-state index is -4.60. The monoisotopic (exact) mass is 1190 g/mol. The average molecular weight is 1190 g/mol. The van der Waals surface area contributed by atoms with Crippen molar-refractivity contribution in [1.82, 2.24) is 5.32 Å². The molecule has 0 bridgehead atoms. The number of carbonyl (C=O) groups is 1. The van der Waals surface area contributed by atoms with Crippen LogP contribution in [0, 0.1) is 0 Å². The van der Waals surface area contributed by atoms with Gasteiger partial charge in [-0.2, -0.15) is 0 Å². The van der Waals surface area contributed by atoms with Crippen LogP contribution in [0.1, 0.15) is 406 Å². The van der Waals surface area contributed by atoms with Gasteiger partial charge in [-0.1, -0.05) is 392 Å². The topological polar surface area (TPSA) is 108 Å². The minimum Gasteiger partial charge on any atom is -0.756 e. The Morgan fingerprint density at radius 3 is 0.904 bits per heavy atom. The molecule has 0 spiro atoms. The van der Waals surface area contributed by atoms with Gasteiger partial charge in [-0.05, 0) is 19.3 Å². The Hall–Kier alpha value is -0.760. The summed E-state index contributed by atoms with van der Waals surface area (Å²) in [6, 6.07) is -0.884. The first-order chi connectivity index (χ1) is 40.5. The smallest absolute Gasteiger partial charge is 0.268 e. The Kier molecular flexibility index (Phi) is 65.1. The summed E-state index contributed by atoms with van der Waals surface area (Å²) in [7, 11) is 1.29. The Morgan fingerprint density at radius 2 is 0.651 bits per heavy atom. The first kappa shape index (κ1) is 82.2. The number of allylic oxidation sites excluding steroid dienone is 1. The SMILES string of the molecule is CCCCCCCCCCCCCCCCCCCCCCCCCCCC/C=C/C(O)C(COP(=O)([O-])OCC[N+](C)(C)C)NC(=O)CCCCCCCCCCCCCCCCCCCCCCCCCCCCCCCCCCC. The maximum absolute atomic E-state index is 13.1. The van der Waals surface area contributed by atoms with Crippen LogP contribution in [0.3, 0.4) is 0 Å². The van der Waals surface area contributed by atoms with Gasteiger partial charge in [0.15, 0.2) is 0 Å². The van der Waals surface area contributed by atoms with Crippen molar-refractivity contribution in [3.8, 4) is 0 Å². The summed E-state index contributed by atoms with van der Waals surface area (Å²) in [4.78, 5) is 25.7. The van der Waals surface area contributed by atoms with Gasteiger partial charge in [0, 0.05) is 6.42 Å². The number of phosphoric acid groups is 1. The van der Waals surface area contributed by atoms with Gasteiger partial charge < -0.3 is 28.8 Å². The normalized spacial score (nSPS) is 13.6. The molecule has 8 nitrogen and oxygen atoms in total. The molecule has 496 valence electrons. The molecular formula is C74H149N2O6P. The molecule has 0 aromatic rings. The van der Waals surface area contributed by atoms with E-state index in [0.717, 1.165) is 38.5 Å². The standard InChI is InChI=1S/C74H149N2O6P/c1-6-8-10-12-14-16-18-20-22-24-26-28-30-32-34-36-37-38-39-40-42-44-46-48-50-52-54-56-58-60-62-64-66-68-74(78)75-72(71-82-83(79,80)81-70-69-76(3,4)5)73(77)67-65-63-61-59-57-55-53-51-49-47-45-43-41-35-33-31-29-27-25-23-21-19-17-15-13-11-9-7-2/h65,67,72-73,77H,6-64,66,68-71H2,1-5H3,(H-,75,78,79,80)/b67-65+. The number of phosphoric ester groups is 1. The maximum atomic E-state index is 13.1. The lowest BCUT2D eigenvalue weighted by Gasteiger charge is -2.29. The molecular weight excluding hydrogens is 1040 g/mol. The van der Waals surface area contributed by atoms with E-state index in [1.807, 2.05) is 27.2 Å². The van der Waals surface area contributed by atoms with Crippen LogP contribution in [0.2, 0.25) is 0 Å². The van der Waals surface area contributed by atoms with Gasteiger partial charge in [-0.3, -0.25) is 9.36 Å². The van der Waals surface area contributed by atoms with Crippen molar-refractivity contribution < 1.29 is 32.9 Å². The molecule has 0 aliphatic carbocycles. The highest BCUT2D eigenvalue weighted by molar-refractivity contribution is 7.45. The quantitative estimate of drug-likeness (QED) is 0.0272. The summed E-state index contributed by atoms with van der Waals surface area (Å²) < 4.78 is 23.5. The highest BCUT2D eigenvalue weighted by atomic mass is 31.2. The number of nitrogens with one attached hydrogen (secondary N) is 1. The van der Waals surface area contributed by atoms with Crippen LogP contribution in [0.25, 0.3) is 0 Å². The molecule has 0 rings (SSSR count). The fourth-order valence-electron chi connectivity index (χ4n) is 11.9. The number of hydrogen-bond donors (Lipinski definition) is 2. The van der Waals surface area contributed by atoms with Crippen LogP contribution >= 0.6 is 7.82 Å². The Balaban J connectivity index is 3.97. The third-order valence-electron chi connectivity index (χ3n) is 17.7. The van der Waals surface area contributed by atoms with Crippen LogP contribution in [0.5, 0.6) is 0 Å². The lowest BCUT2D eigenvalue weighted by atomic mass is 10.0. The number of nitrogens with zero attached hydrogens (tertiary/aromatic N) is 1. The van der Waals surface area contributed by atoms with Crippen molar-refractivity contribution in [3.05, 3.63) is 12.2 Å². The molecule has 2 N–H and O–H groups in total. The predicted octanol–water partition coefficient (Wildman–Crippen LogP) is 23.4. The van der Waals surface area contributed by atoms with E-state index >= 15 is 0 Å². The third-order valence-corrected chi connectivity index (χ3v) is 18.7. The number of likely N-dealkylation sites (N-methyl/N-ethyl adjacent to an activating group) is 1. The molecule has 3 atom stereocenters. The van der Waals surface area contributed by atoms with Crippen molar-refractivity contribution in [2.24, 2.45) is 0 Å². The lowest BCUT2D eigenvalue weighted by molar-refractivity contribution is -0.870. The maximum Gasteiger partial charge on any atom is 0.268 e. The number of amides is 1. The predicted molar refractivity (Wildman–Crippen MR) is 362 cm³/mol. The first-order valence-electron chi connectivity index (χ1n) is 37.6. The second-order valence-corrected chi connectivity index (χ2v) is 28.8. The van der Waals surface area contributed by atoms with Crippen molar-refractivity contribution in [2.45, 2.75) is 418 Å². The fraction of sp³-hybridized carbons (Fsp3) is 0.959. The van der Waals surface area contributed by atoms with Gasteiger partial charge in [-0.25, -0.2) is 0 Å². The molecule has 0 saturated heterocycles. The van der Waals surface area contributed by atoms with Crippen molar-refractivity contribution in [3.63, 3.8) is 0 Å². The molecule has 0 aliphatic rings. The van der Waals surface area contributed by atoms with E-state index in [1.165, 1.54) is 347 Å². The Bertz CT molecular complexity index is 1360. The van der Waals surface area contributed by atoms with E-state index in [9.17, 15) is 19.4 Å². The van der Waals surface area contributed by atoms with E-state index < -0.39 is 20.0 Å². The van der Waals surface area contributed by atoms with E-state index in [1.54, 1.807) is 6.08 Å². The molecule has 0 aromatic heterocycles. The number of aliphatic hydroxyl groups excluding tert-OH is 1. The largest absolute Gasteiger partial charge is 0.756 e. The number of aliphatic hydroxyl groups is 1. The number of rotatable bonds is 71. The van der Waals surface area contributed by atoms with Crippen LogP contribution < -0.4 is 10.2 Å². The Labute approximate surface area is 520 Å². The second-order valence-electron chi connectivity index (χ2n) is 27.4. The van der Waals surface area contributed by atoms with Gasteiger partial charge in [0.05, 0.1) is 39.9 Å². The van der Waals surface area contributed by atoms with Crippen LogP contribution in [-0.2, 0) is 18.4 Å². The summed E-state index contributed by atoms with van der Waals surface area (Å²) in [5, 5.41) is 14.0. The summed E-state index contributed by atoms with van der Waals surface area (Å²) in [6.45, 7) is 4.73. The van der Waals surface area contributed by atoms with Crippen molar-refractivity contribution >= 4 is 13.7 Å². The summed E-state index contributed by atoms with van der Waals surface area (Å²) >= 11 is 0. The minimum absolute atomic E-state index is 0.00309. The number of carbonyl (C=O) groups excluding carboxylic acids is 1. The van der Waals surface area contributed by atoms with Crippen molar-refractivity contribution in [1.29, 1.82) is 0 Å².